The van der Waals surface area contributed by atoms with Gasteiger partial charge >= 0.3 is 6.18 Å². The van der Waals surface area contributed by atoms with Crippen molar-refractivity contribution in [3.05, 3.63) is 94.5 Å². The Labute approximate surface area is 249 Å². The third-order valence-corrected chi connectivity index (χ3v) is 8.77. The van der Waals surface area contributed by atoms with Gasteiger partial charge in [0.25, 0.3) is 10.0 Å². The number of halogens is 4. The third kappa shape index (κ3) is 8.04. The number of aryl methyl sites for hydroxylation is 1. The zero-order valence-electron chi connectivity index (χ0n) is 23.5. The van der Waals surface area contributed by atoms with E-state index in [1.807, 2.05) is 30.3 Å². The number of hydrogen-bond donors (Lipinski definition) is 1. The van der Waals surface area contributed by atoms with Crippen LogP contribution < -0.4 is 9.62 Å². The van der Waals surface area contributed by atoms with Crippen molar-refractivity contribution < 1.29 is 31.2 Å². The predicted octanol–water partition coefficient (Wildman–Crippen LogP) is 5.85. The molecule has 0 aliphatic rings. The van der Waals surface area contributed by atoms with Crippen molar-refractivity contribution in [2.45, 2.75) is 50.7 Å². The molecule has 12 heteroatoms. The van der Waals surface area contributed by atoms with E-state index in [9.17, 15) is 31.2 Å². The van der Waals surface area contributed by atoms with Crippen LogP contribution in [0.2, 0.25) is 5.02 Å². The van der Waals surface area contributed by atoms with E-state index in [0.29, 0.717) is 23.3 Å². The maximum Gasteiger partial charge on any atom is 0.417 e. The minimum Gasteiger partial charge on any atom is -0.355 e. The summed E-state index contributed by atoms with van der Waals surface area (Å²) in [6.07, 6.45) is -4.27. The topological polar surface area (TPSA) is 86.8 Å². The highest BCUT2D eigenvalue weighted by Crippen LogP contribution is 2.38. The molecule has 0 spiro atoms. The monoisotopic (exact) mass is 623 g/mol. The molecule has 0 aliphatic carbocycles. The van der Waals surface area contributed by atoms with E-state index in [2.05, 4.69) is 5.32 Å². The summed E-state index contributed by atoms with van der Waals surface area (Å²) in [4.78, 5) is 28.0. The van der Waals surface area contributed by atoms with E-state index in [0.717, 1.165) is 23.3 Å². The molecule has 0 saturated carbocycles. The smallest absolute Gasteiger partial charge is 0.355 e. The number of alkyl halides is 3. The molecule has 42 heavy (non-hydrogen) atoms. The minimum absolute atomic E-state index is 0.0747. The summed E-state index contributed by atoms with van der Waals surface area (Å²) in [6, 6.07) is 16.7. The quantitative estimate of drug-likeness (QED) is 0.274. The molecular weight excluding hydrogens is 591 g/mol. The molecule has 2 amide bonds. The average molecular weight is 624 g/mol. The van der Waals surface area contributed by atoms with Gasteiger partial charge in [-0.1, -0.05) is 66.6 Å². The van der Waals surface area contributed by atoms with Gasteiger partial charge in [-0.3, -0.25) is 13.9 Å². The largest absolute Gasteiger partial charge is 0.417 e. The summed E-state index contributed by atoms with van der Waals surface area (Å²) in [5.41, 5.74) is 0.0163. The van der Waals surface area contributed by atoms with Crippen molar-refractivity contribution in [1.82, 2.24) is 10.2 Å². The Hall–Kier alpha value is -3.57. The first kappa shape index (κ1) is 32.9. The highest BCUT2D eigenvalue weighted by Gasteiger charge is 2.37. The fraction of sp³-hybridized carbons (Fsp3) is 0.333. The lowest BCUT2D eigenvalue weighted by atomic mass is 10.1. The van der Waals surface area contributed by atoms with Crippen LogP contribution in [0.1, 0.15) is 37.0 Å². The average Bonchev–Trinajstić information content (AvgIpc) is 2.94. The fourth-order valence-corrected chi connectivity index (χ4v) is 6.07. The van der Waals surface area contributed by atoms with Crippen molar-refractivity contribution in [2.24, 2.45) is 0 Å². The molecule has 7 nitrogen and oxygen atoms in total. The van der Waals surface area contributed by atoms with Gasteiger partial charge in [-0.05, 0) is 62.6 Å². The number of carbonyl (C=O) groups is 2. The van der Waals surface area contributed by atoms with Crippen LogP contribution in [-0.4, -0.2) is 50.8 Å². The van der Waals surface area contributed by atoms with Gasteiger partial charge in [-0.15, -0.1) is 0 Å². The van der Waals surface area contributed by atoms with Crippen LogP contribution >= 0.6 is 11.6 Å². The SMILES string of the molecule is CCNC(=O)[C@@H](CC)N(CCc1ccccc1)C(=O)CN(c1ccc(Cl)c(C(F)(F)F)c1)S(=O)(=O)c1ccc(C)cc1. The molecule has 0 bridgehead atoms. The van der Waals surface area contributed by atoms with Crippen LogP contribution in [-0.2, 0) is 32.2 Å². The van der Waals surface area contributed by atoms with Crippen molar-refractivity contribution in [3.63, 3.8) is 0 Å². The molecule has 0 aliphatic heterocycles. The Morgan fingerprint density at radius 2 is 1.62 bits per heavy atom. The van der Waals surface area contributed by atoms with Gasteiger partial charge in [0.15, 0.2) is 0 Å². The second-order valence-corrected chi connectivity index (χ2v) is 11.9. The lowest BCUT2D eigenvalue weighted by molar-refractivity contribution is -0.139. The van der Waals surface area contributed by atoms with Crippen LogP contribution in [0.3, 0.4) is 0 Å². The van der Waals surface area contributed by atoms with Crippen molar-refractivity contribution in [3.8, 4) is 0 Å². The maximum absolute atomic E-state index is 13.9. The summed E-state index contributed by atoms with van der Waals surface area (Å²) in [7, 11) is -4.53. The van der Waals surface area contributed by atoms with Crippen LogP contribution in [0.5, 0.6) is 0 Å². The summed E-state index contributed by atoms with van der Waals surface area (Å²) in [6.45, 7) is 4.75. The molecule has 3 aromatic rings. The van der Waals surface area contributed by atoms with Gasteiger partial charge in [0.2, 0.25) is 11.8 Å². The van der Waals surface area contributed by atoms with E-state index in [-0.39, 0.29) is 17.9 Å². The Morgan fingerprint density at radius 3 is 2.19 bits per heavy atom. The number of nitrogens with zero attached hydrogens (tertiary/aromatic N) is 2. The molecule has 0 saturated heterocycles. The van der Waals surface area contributed by atoms with Crippen molar-refractivity contribution in [1.29, 1.82) is 0 Å². The van der Waals surface area contributed by atoms with E-state index in [1.165, 1.54) is 17.0 Å². The number of nitrogens with one attached hydrogen (secondary N) is 1. The molecule has 0 heterocycles. The Morgan fingerprint density at radius 1 is 0.976 bits per heavy atom. The molecular formula is C30H33ClF3N3O4S. The standard InChI is InChI=1S/C30H33ClF3N3O4S/c1-4-27(29(39)35-5-2)36(18-17-22-9-7-6-8-10-22)28(38)20-37(42(40,41)24-14-11-21(3)12-15-24)23-13-16-26(31)25(19-23)30(32,33)34/h6-16,19,27H,4-5,17-18,20H2,1-3H3,(H,35,39)/t27-/m1/s1. The lowest BCUT2D eigenvalue weighted by Crippen LogP contribution is -2.53. The number of hydrogen-bond acceptors (Lipinski definition) is 4. The van der Waals surface area contributed by atoms with Crippen LogP contribution in [0.4, 0.5) is 18.9 Å². The first-order valence-electron chi connectivity index (χ1n) is 13.4. The molecule has 3 aromatic carbocycles. The molecule has 3 rings (SSSR count). The minimum atomic E-state index is -4.87. The Bertz CT molecular complexity index is 1480. The normalized spacial score (nSPS) is 12.5. The van der Waals surface area contributed by atoms with Gasteiger partial charge in [0, 0.05) is 13.1 Å². The molecule has 0 fully saturated rings. The first-order valence-corrected chi connectivity index (χ1v) is 15.2. The van der Waals surface area contributed by atoms with Gasteiger partial charge in [-0.25, -0.2) is 8.42 Å². The zero-order chi connectivity index (χ0) is 31.1. The number of sulfonamides is 1. The van der Waals surface area contributed by atoms with Gasteiger partial charge in [0.1, 0.15) is 12.6 Å². The Balaban J connectivity index is 2.10. The van der Waals surface area contributed by atoms with Crippen LogP contribution in [0, 0.1) is 6.92 Å². The number of amides is 2. The molecule has 1 N–H and O–H groups in total. The summed E-state index contributed by atoms with van der Waals surface area (Å²) >= 11 is 5.81. The summed E-state index contributed by atoms with van der Waals surface area (Å²) in [5.74, 6) is -1.16. The summed E-state index contributed by atoms with van der Waals surface area (Å²) < 4.78 is 69.6. The first-order chi connectivity index (χ1) is 19.8. The van der Waals surface area contributed by atoms with E-state index >= 15 is 0 Å². The second kappa shape index (κ2) is 14.1. The third-order valence-electron chi connectivity index (χ3n) is 6.65. The molecule has 0 aromatic heterocycles. The Kier molecular flexibility index (Phi) is 11.0. The number of anilines is 1. The van der Waals surface area contributed by atoms with E-state index in [4.69, 9.17) is 11.6 Å². The van der Waals surface area contributed by atoms with E-state index in [1.54, 1.807) is 32.9 Å². The van der Waals surface area contributed by atoms with Crippen LogP contribution in [0.25, 0.3) is 0 Å². The van der Waals surface area contributed by atoms with Gasteiger partial charge in [-0.2, -0.15) is 13.2 Å². The van der Waals surface area contributed by atoms with Gasteiger partial charge < -0.3 is 10.2 Å². The number of rotatable bonds is 12. The molecule has 0 radical (unpaired) electrons. The second-order valence-electron chi connectivity index (χ2n) is 9.63. The van der Waals surface area contributed by atoms with Crippen molar-refractivity contribution in [2.75, 3.05) is 23.9 Å². The highest BCUT2D eigenvalue weighted by molar-refractivity contribution is 7.92. The number of benzene rings is 3. The van der Waals surface area contributed by atoms with E-state index < -0.39 is 56.9 Å². The summed E-state index contributed by atoms with van der Waals surface area (Å²) in [5, 5.41) is 2.09. The lowest BCUT2D eigenvalue weighted by Gasteiger charge is -2.33. The van der Waals surface area contributed by atoms with Crippen molar-refractivity contribution >= 4 is 39.1 Å². The molecule has 1 atom stereocenters. The van der Waals surface area contributed by atoms with Gasteiger partial charge in [0.05, 0.1) is 21.2 Å². The molecule has 0 unspecified atom stereocenters. The number of carbonyl (C=O) groups excluding carboxylic acids is 2. The molecule has 226 valence electrons. The highest BCUT2D eigenvalue weighted by atomic mass is 35.5. The maximum atomic E-state index is 13.9. The van der Waals surface area contributed by atoms with Crippen LogP contribution in [0.15, 0.2) is 77.7 Å². The predicted molar refractivity (Wildman–Crippen MR) is 157 cm³/mol. The zero-order valence-corrected chi connectivity index (χ0v) is 25.1. The number of likely N-dealkylation sites (N-methyl/N-ethyl adjacent to an activating group) is 1. The fourth-order valence-electron chi connectivity index (χ4n) is 4.44.